The van der Waals surface area contributed by atoms with Gasteiger partial charge in [-0.25, -0.2) is 0 Å². The van der Waals surface area contributed by atoms with Crippen LogP contribution in [0.4, 0.5) is 5.69 Å². The summed E-state index contributed by atoms with van der Waals surface area (Å²) in [5.74, 6) is 0.955. The molecule has 1 atom stereocenters. The van der Waals surface area contributed by atoms with Crippen molar-refractivity contribution in [2.24, 2.45) is 5.92 Å². The third kappa shape index (κ3) is 4.06. The number of amides is 1. The second-order valence-corrected chi connectivity index (χ2v) is 7.94. The van der Waals surface area contributed by atoms with Crippen LogP contribution in [0.15, 0.2) is 48.8 Å². The molecule has 1 unspecified atom stereocenters. The molecule has 2 aliphatic heterocycles. The van der Waals surface area contributed by atoms with Crippen molar-refractivity contribution < 1.29 is 4.79 Å². The first kappa shape index (κ1) is 18.2. The van der Waals surface area contributed by atoms with Crippen LogP contribution in [0.25, 0.3) is 0 Å². The van der Waals surface area contributed by atoms with Crippen LogP contribution in [-0.2, 0) is 17.6 Å². The number of fused-ring (bicyclic) bond motifs is 1. The molecule has 1 fully saturated rings. The number of para-hydroxylation sites is 1. The molecule has 4 nitrogen and oxygen atoms in total. The molecule has 0 saturated carbocycles. The molecule has 1 amide bonds. The van der Waals surface area contributed by atoms with Crippen molar-refractivity contribution in [3.8, 4) is 0 Å². The van der Waals surface area contributed by atoms with Crippen molar-refractivity contribution >= 4 is 11.6 Å². The van der Waals surface area contributed by atoms with E-state index < -0.39 is 0 Å². The van der Waals surface area contributed by atoms with Gasteiger partial charge in [0.15, 0.2) is 0 Å². The Morgan fingerprint density at radius 2 is 1.96 bits per heavy atom. The number of aryl methyl sites for hydroxylation is 1. The van der Waals surface area contributed by atoms with Crippen LogP contribution in [-0.4, -0.2) is 41.5 Å². The molecule has 0 radical (unpaired) electrons. The topological polar surface area (TPSA) is 36.4 Å². The molecular formula is C23H29N3O. The highest BCUT2D eigenvalue weighted by Gasteiger charge is 2.31. The van der Waals surface area contributed by atoms with Crippen molar-refractivity contribution in [2.45, 2.75) is 45.1 Å². The van der Waals surface area contributed by atoms with Crippen molar-refractivity contribution in [1.29, 1.82) is 0 Å². The number of hydrogen-bond donors (Lipinski definition) is 0. The van der Waals surface area contributed by atoms with Crippen LogP contribution in [0.5, 0.6) is 0 Å². The van der Waals surface area contributed by atoms with Gasteiger partial charge in [-0.1, -0.05) is 24.3 Å². The number of benzene rings is 1. The maximum absolute atomic E-state index is 13.2. The summed E-state index contributed by atoms with van der Waals surface area (Å²) in [6.45, 7) is 4.94. The van der Waals surface area contributed by atoms with E-state index in [4.69, 9.17) is 0 Å². The minimum Gasteiger partial charge on any atom is -0.311 e. The molecule has 4 heteroatoms. The van der Waals surface area contributed by atoms with Crippen LogP contribution >= 0.6 is 0 Å². The molecule has 27 heavy (non-hydrogen) atoms. The van der Waals surface area contributed by atoms with E-state index in [9.17, 15) is 4.79 Å². The highest BCUT2D eigenvalue weighted by molar-refractivity contribution is 5.98. The molecule has 0 aliphatic carbocycles. The van der Waals surface area contributed by atoms with Gasteiger partial charge in [0.25, 0.3) is 0 Å². The third-order valence-corrected chi connectivity index (χ3v) is 6.18. The van der Waals surface area contributed by atoms with Gasteiger partial charge in [0.05, 0.1) is 6.04 Å². The Kier molecular flexibility index (Phi) is 5.53. The van der Waals surface area contributed by atoms with Gasteiger partial charge in [0.2, 0.25) is 5.91 Å². The second-order valence-electron chi connectivity index (χ2n) is 7.94. The fourth-order valence-electron chi connectivity index (χ4n) is 4.54. The first-order valence-corrected chi connectivity index (χ1v) is 10.2. The zero-order valence-corrected chi connectivity index (χ0v) is 16.2. The lowest BCUT2D eigenvalue weighted by Gasteiger charge is -2.38. The predicted molar refractivity (Wildman–Crippen MR) is 109 cm³/mol. The fourth-order valence-corrected chi connectivity index (χ4v) is 4.54. The normalized spacial score (nSPS) is 19.5. The Morgan fingerprint density at radius 3 is 2.74 bits per heavy atom. The molecule has 2 aliphatic rings. The summed E-state index contributed by atoms with van der Waals surface area (Å²) >= 11 is 0. The van der Waals surface area contributed by atoms with Crippen molar-refractivity contribution in [1.82, 2.24) is 9.88 Å². The molecular weight excluding hydrogens is 334 g/mol. The lowest BCUT2D eigenvalue weighted by Crippen LogP contribution is -2.51. The molecule has 0 spiro atoms. The Morgan fingerprint density at radius 1 is 1.15 bits per heavy atom. The van der Waals surface area contributed by atoms with Crippen LogP contribution in [0.3, 0.4) is 0 Å². The smallest absolute Gasteiger partial charge is 0.244 e. The van der Waals surface area contributed by atoms with Crippen LogP contribution in [0, 0.1) is 5.92 Å². The molecule has 2 aromatic rings. The van der Waals surface area contributed by atoms with Gasteiger partial charge >= 0.3 is 0 Å². The van der Waals surface area contributed by atoms with E-state index in [2.05, 4.69) is 41.1 Å². The van der Waals surface area contributed by atoms with Gasteiger partial charge in [-0.2, -0.15) is 0 Å². The number of likely N-dealkylation sites (tertiary alicyclic amines) is 1. The van der Waals surface area contributed by atoms with Gasteiger partial charge in [-0.05, 0) is 81.3 Å². The fraction of sp³-hybridized carbons (Fsp3) is 0.478. The number of hydrogen-bond acceptors (Lipinski definition) is 3. The summed E-state index contributed by atoms with van der Waals surface area (Å²) in [6.07, 6.45) is 9.36. The van der Waals surface area contributed by atoms with E-state index in [1.54, 1.807) is 0 Å². The minimum absolute atomic E-state index is 0.0458. The summed E-state index contributed by atoms with van der Waals surface area (Å²) in [5, 5.41) is 0. The van der Waals surface area contributed by atoms with Crippen molar-refractivity contribution in [3.63, 3.8) is 0 Å². The number of carbonyl (C=O) groups excluding carboxylic acids is 1. The third-order valence-electron chi connectivity index (χ3n) is 6.18. The molecule has 4 rings (SSSR count). The maximum atomic E-state index is 13.2. The van der Waals surface area contributed by atoms with Crippen molar-refractivity contribution in [3.05, 3.63) is 59.9 Å². The molecule has 1 aromatic heterocycles. The van der Waals surface area contributed by atoms with E-state index in [-0.39, 0.29) is 11.9 Å². The largest absolute Gasteiger partial charge is 0.311 e. The molecule has 1 aromatic carbocycles. The number of piperidine rings is 1. The highest BCUT2D eigenvalue weighted by atomic mass is 16.2. The number of carbonyl (C=O) groups is 1. The van der Waals surface area contributed by atoms with E-state index in [0.29, 0.717) is 5.92 Å². The zero-order valence-electron chi connectivity index (χ0n) is 16.2. The van der Waals surface area contributed by atoms with E-state index in [1.807, 2.05) is 29.4 Å². The monoisotopic (exact) mass is 363 g/mol. The minimum atomic E-state index is -0.0458. The summed E-state index contributed by atoms with van der Waals surface area (Å²) in [4.78, 5) is 21.8. The van der Waals surface area contributed by atoms with Crippen LogP contribution in [0.2, 0.25) is 0 Å². The molecule has 0 N–H and O–H groups in total. The van der Waals surface area contributed by atoms with Gasteiger partial charge in [0.1, 0.15) is 0 Å². The number of aromatic nitrogens is 1. The molecule has 3 heterocycles. The van der Waals surface area contributed by atoms with Gasteiger partial charge < -0.3 is 4.90 Å². The lowest BCUT2D eigenvalue weighted by molar-refractivity contribution is -0.123. The Labute approximate surface area is 162 Å². The molecule has 142 valence electrons. The summed E-state index contributed by atoms with van der Waals surface area (Å²) in [5.41, 5.74) is 3.75. The van der Waals surface area contributed by atoms with Crippen LogP contribution < -0.4 is 4.90 Å². The number of rotatable bonds is 4. The first-order valence-electron chi connectivity index (χ1n) is 10.2. The Hall–Kier alpha value is -2.20. The zero-order chi connectivity index (χ0) is 18.6. The standard InChI is InChI=1S/C23H29N3O/c1-18(23(27)26-13-5-8-21-7-2-3-9-22(21)26)25-14-10-19(11-15-25)16-20-6-4-12-24-17-20/h2-4,6-7,9,12,17-19H,5,8,10-11,13-16H2,1H3. The molecule has 1 saturated heterocycles. The van der Waals surface area contributed by atoms with E-state index in [1.165, 1.54) is 11.1 Å². The number of anilines is 1. The Balaban J connectivity index is 1.35. The lowest BCUT2D eigenvalue weighted by atomic mass is 9.90. The number of nitrogens with zero attached hydrogens (tertiary/aromatic N) is 3. The van der Waals surface area contributed by atoms with E-state index in [0.717, 1.165) is 57.4 Å². The Bertz CT molecular complexity index is 768. The maximum Gasteiger partial charge on any atom is 0.244 e. The predicted octanol–water partition coefficient (Wildman–Crippen LogP) is 3.70. The molecule has 0 bridgehead atoms. The second kappa shape index (κ2) is 8.22. The average Bonchev–Trinajstić information content (AvgIpc) is 2.73. The van der Waals surface area contributed by atoms with Gasteiger partial charge in [-0.15, -0.1) is 0 Å². The van der Waals surface area contributed by atoms with Crippen molar-refractivity contribution in [2.75, 3.05) is 24.5 Å². The average molecular weight is 364 g/mol. The van der Waals surface area contributed by atoms with Gasteiger partial charge in [0, 0.05) is 24.6 Å². The first-order chi connectivity index (χ1) is 13.2. The van der Waals surface area contributed by atoms with Gasteiger partial charge in [-0.3, -0.25) is 14.7 Å². The summed E-state index contributed by atoms with van der Waals surface area (Å²) in [7, 11) is 0. The van der Waals surface area contributed by atoms with Crippen LogP contribution in [0.1, 0.15) is 37.3 Å². The number of pyridine rings is 1. The highest BCUT2D eigenvalue weighted by Crippen LogP contribution is 2.29. The quantitative estimate of drug-likeness (QED) is 0.831. The summed E-state index contributed by atoms with van der Waals surface area (Å²) in [6, 6.07) is 12.5. The SMILES string of the molecule is CC(C(=O)N1CCCc2ccccc21)N1CCC(Cc2cccnc2)CC1. The van der Waals surface area contributed by atoms with E-state index >= 15 is 0 Å². The summed E-state index contributed by atoms with van der Waals surface area (Å²) < 4.78 is 0.